The molecule has 2 rings (SSSR count). The molecule has 0 aromatic heterocycles. The number of hydrogen-bond acceptors (Lipinski definition) is 4. The van der Waals surface area contributed by atoms with E-state index in [9.17, 15) is 4.79 Å². The van der Waals surface area contributed by atoms with Crippen LogP contribution in [0.25, 0.3) is 0 Å². The molecular formula is C13H24N2O2. The molecule has 0 atom stereocenters. The average molecular weight is 240 g/mol. The van der Waals surface area contributed by atoms with Crippen LogP contribution in [0.5, 0.6) is 0 Å². The van der Waals surface area contributed by atoms with Crippen molar-refractivity contribution in [1.82, 2.24) is 9.80 Å². The van der Waals surface area contributed by atoms with E-state index in [1.54, 1.807) is 0 Å². The van der Waals surface area contributed by atoms with Gasteiger partial charge in [0.25, 0.3) is 0 Å². The van der Waals surface area contributed by atoms with Crippen LogP contribution >= 0.6 is 0 Å². The van der Waals surface area contributed by atoms with Crippen LogP contribution in [-0.4, -0.2) is 68.1 Å². The molecule has 2 aliphatic rings. The first-order chi connectivity index (χ1) is 8.08. The van der Waals surface area contributed by atoms with Gasteiger partial charge in [-0.1, -0.05) is 13.8 Å². The summed E-state index contributed by atoms with van der Waals surface area (Å²) in [6, 6.07) is 0. The number of ketones is 1. The molecule has 98 valence electrons. The molecule has 2 aliphatic heterocycles. The lowest BCUT2D eigenvalue weighted by Crippen LogP contribution is -2.49. The molecule has 0 saturated carbocycles. The first-order valence-corrected chi connectivity index (χ1v) is 6.64. The molecule has 0 spiro atoms. The molecule has 2 saturated heterocycles. The molecule has 0 radical (unpaired) electrons. The number of nitrogens with zero attached hydrogens (tertiary/aromatic N) is 2. The third-order valence-corrected chi connectivity index (χ3v) is 3.86. The highest BCUT2D eigenvalue weighted by Crippen LogP contribution is 2.24. The Balaban J connectivity index is 1.74. The van der Waals surface area contributed by atoms with Crippen molar-refractivity contribution in [1.29, 1.82) is 0 Å². The van der Waals surface area contributed by atoms with Gasteiger partial charge in [0.05, 0.1) is 13.2 Å². The summed E-state index contributed by atoms with van der Waals surface area (Å²) in [5.74, 6) is 0.417. The summed E-state index contributed by atoms with van der Waals surface area (Å²) in [4.78, 5) is 16.6. The fraction of sp³-hybridized carbons (Fsp3) is 0.923. The predicted molar refractivity (Wildman–Crippen MR) is 67.1 cm³/mol. The molecule has 0 amide bonds. The maximum atomic E-state index is 11.7. The normalized spacial score (nSPS) is 27.3. The number of rotatable bonds is 3. The summed E-state index contributed by atoms with van der Waals surface area (Å²) in [7, 11) is 0. The van der Waals surface area contributed by atoms with Gasteiger partial charge in [-0.2, -0.15) is 0 Å². The van der Waals surface area contributed by atoms with Gasteiger partial charge in [-0.05, 0) is 0 Å². The van der Waals surface area contributed by atoms with E-state index in [4.69, 9.17) is 4.74 Å². The Morgan fingerprint density at radius 3 is 2.41 bits per heavy atom. The number of ether oxygens (including phenoxy) is 1. The zero-order valence-electron chi connectivity index (χ0n) is 11.1. The van der Waals surface area contributed by atoms with Gasteiger partial charge in [-0.15, -0.1) is 0 Å². The standard InChI is InChI=1S/C13H24N2O2/c1-13(2)11-15(4-3-12(13)16)6-5-14-7-9-17-10-8-14/h3-11H2,1-2H3. The molecule has 0 aliphatic carbocycles. The number of carbonyl (C=O) groups is 1. The van der Waals surface area contributed by atoms with E-state index >= 15 is 0 Å². The van der Waals surface area contributed by atoms with Crippen molar-refractivity contribution >= 4 is 5.78 Å². The fourth-order valence-electron chi connectivity index (χ4n) is 2.62. The minimum Gasteiger partial charge on any atom is -0.379 e. The molecule has 0 aromatic rings. The van der Waals surface area contributed by atoms with Gasteiger partial charge in [0, 0.05) is 51.1 Å². The van der Waals surface area contributed by atoms with E-state index in [-0.39, 0.29) is 5.41 Å². The smallest absolute Gasteiger partial charge is 0.141 e. The van der Waals surface area contributed by atoms with E-state index < -0.39 is 0 Å². The first kappa shape index (κ1) is 13.0. The molecule has 2 fully saturated rings. The van der Waals surface area contributed by atoms with Crippen molar-refractivity contribution in [2.45, 2.75) is 20.3 Å². The Morgan fingerprint density at radius 1 is 1.12 bits per heavy atom. The number of carbonyl (C=O) groups excluding carboxylic acids is 1. The maximum absolute atomic E-state index is 11.7. The van der Waals surface area contributed by atoms with Crippen molar-refractivity contribution < 1.29 is 9.53 Å². The molecule has 0 unspecified atom stereocenters. The first-order valence-electron chi connectivity index (χ1n) is 6.64. The largest absolute Gasteiger partial charge is 0.379 e. The second kappa shape index (κ2) is 5.46. The molecule has 0 aromatic carbocycles. The Bertz CT molecular complexity index is 273. The van der Waals surface area contributed by atoms with Crippen LogP contribution in [-0.2, 0) is 9.53 Å². The molecule has 4 nitrogen and oxygen atoms in total. The molecular weight excluding hydrogens is 216 g/mol. The summed E-state index contributed by atoms with van der Waals surface area (Å²) < 4.78 is 5.34. The Kier molecular flexibility index (Phi) is 4.17. The topological polar surface area (TPSA) is 32.8 Å². The van der Waals surface area contributed by atoms with Crippen molar-refractivity contribution in [3.63, 3.8) is 0 Å². The van der Waals surface area contributed by atoms with Crippen LogP contribution < -0.4 is 0 Å². The third kappa shape index (κ3) is 3.50. The zero-order valence-corrected chi connectivity index (χ0v) is 11.1. The zero-order chi connectivity index (χ0) is 12.3. The van der Waals surface area contributed by atoms with Gasteiger partial charge in [-0.25, -0.2) is 0 Å². The number of likely N-dealkylation sites (tertiary alicyclic amines) is 1. The maximum Gasteiger partial charge on any atom is 0.141 e. The monoisotopic (exact) mass is 240 g/mol. The van der Waals surface area contributed by atoms with Crippen molar-refractivity contribution in [3.8, 4) is 0 Å². The summed E-state index contributed by atoms with van der Waals surface area (Å²) in [5.41, 5.74) is -0.150. The lowest BCUT2D eigenvalue weighted by molar-refractivity contribution is -0.131. The Morgan fingerprint density at radius 2 is 1.76 bits per heavy atom. The van der Waals surface area contributed by atoms with E-state index in [1.165, 1.54) is 0 Å². The second-order valence-electron chi connectivity index (χ2n) is 5.79. The van der Waals surface area contributed by atoms with Crippen molar-refractivity contribution in [2.75, 3.05) is 52.5 Å². The van der Waals surface area contributed by atoms with E-state index in [0.29, 0.717) is 5.78 Å². The molecule has 0 bridgehead atoms. The van der Waals surface area contributed by atoms with Crippen LogP contribution in [0, 0.1) is 5.41 Å². The number of Topliss-reactive ketones (excluding diaryl/α,β-unsaturated/α-hetero) is 1. The van der Waals surface area contributed by atoms with Crippen LogP contribution in [0.2, 0.25) is 0 Å². The van der Waals surface area contributed by atoms with E-state index in [1.807, 2.05) is 0 Å². The molecule has 17 heavy (non-hydrogen) atoms. The predicted octanol–water partition coefficient (Wildman–Crippen LogP) is 0.620. The van der Waals surface area contributed by atoms with Crippen molar-refractivity contribution in [2.24, 2.45) is 5.41 Å². The Labute approximate surface area is 104 Å². The number of hydrogen-bond donors (Lipinski definition) is 0. The van der Waals surface area contributed by atoms with Crippen LogP contribution in [0.3, 0.4) is 0 Å². The highest BCUT2D eigenvalue weighted by atomic mass is 16.5. The van der Waals surface area contributed by atoms with Gasteiger partial charge in [0.2, 0.25) is 0 Å². The van der Waals surface area contributed by atoms with Gasteiger partial charge in [0.1, 0.15) is 5.78 Å². The molecule has 0 N–H and O–H groups in total. The van der Waals surface area contributed by atoms with Crippen LogP contribution in [0.1, 0.15) is 20.3 Å². The van der Waals surface area contributed by atoms with Gasteiger partial charge >= 0.3 is 0 Å². The average Bonchev–Trinajstić information content (AvgIpc) is 2.32. The summed E-state index contributed by atoms with van der Waals surface area (Å²) in [5, 5.41) is 0. The van der Waals surface area contributed by atoms with Crippen LogP contribution in [0.4, 0.5) is 0 Å². The minimum atomic E-state index is -0.150. The van der Waals surface area contributed by atoms with Crippen LogP contribution in [0.15, 0.2) is 0 Å². The quantitative estimate of drug-likeness (QED) is 0.724. The fourth-order valence-corrected chi connectivity index (χ4v) is 2.62. The molecule has 4 heteroatoms. The van der Waals surface area contributed by atoms with Gasteiger partial charge in [-0.3, -0.25) is 9.69 Å². The Hall–Kier alpha value is -0.450. The van der Waals surface area contributed by atoms with E-state index in [0.717, 1.165) is 58.9 Å². The van der Waals surface area contributed by atoms with Gasteiger partial charge in [0.15, 0.2) is 0 Å². The SMILES string of the molecule is CC1(C)CN(CCN2CCOCC2)CCC1=O. The third-order valence-electron chi connectivity index (χ3n) is 3.86. The van der Waals surface area contributed by atoms with Crippen molar-refractivity contribution in [3.05, 3.63) is 0 Å². The lowest BCUT2D eigenvalue weighted by atomic mass is 9.83. The minimum absolute atomic E-state index is 0.150. The summed E-state index contributed by atoms with van der Waals surface area (Å²) >= 11 is 0. The summed E-state index contributed by atoms with van der Waals surface area (Å²) in [6.45, 7) is 12.0. The highest BCUT2D eigenvalue weighted by Gasteiger charge is 2.33. The molecule has 2 heterocycles. The van der Waals surface area contributed by atoms with E-state index in [2.05, 4.69) is 23.6 Å². The highest BCUT2D eigenvalue weighted by molar-refractivity contribution is 5.85. The van der Waals surface area contributed by atoms with Gasteiger partial charge < -0.3 is 9.64 Å². The number of morpholine rings is 1. The lowest BCUT2D eigenvalue weighted by Gasteiger charge is -2.38. The summed E-state index contributed by atoms with van der Waals surface area (Å²) in [6.07, 6.45) is 0.718. The second-order valence-corrected chi connectivity index (χ2v) is 5.79. The number of piperidine rings is 1.